The lowest BCUT2D eigenvalue weighted by molar-refractivity contribution is -0.122. The van der Waals surface area contributed by atoms with Gasteiger partial charge in [-0.15, -0.1) is 0 Å². The van der Waals surface area contributed by atoms with E-state index in [-0.39, 0.29) is 16.7 Å². The number of primary amides is 1. The van der Waals surface area contributed by atoms with E-state index in [1.165, 1.54) is 4.31 Å². The fourth-order valence-electron chi connectivity index (χ4n) is 2.46. The van der Waals surface area contributed by atoms with Crippen LogP contribution in [0.1, 0.15) is 26.2 Å². The minimum Gasteiger partial charge on any atom is -0.494 e. The summed E-state index contributed by atoms with van der Waals surface area (Å²) in [4.78, 5) is 11.4. The molecule has 0 spiro atoms. The minimum atomic E-state index is -3.52. The van der Waals surface area contributed by atoms with Gasteiger partial charge in [0, 0.05) is 19.0 Å². The second kappa shape index (κ2) is 7.11. The highest BCUT2D eigenvalue weighted by Gasteiger charge is 2.31. The third-order valence-electron chi connectivity index (χ3n) is 3.79. The van der Waals surface area contributed by atoms with Gasteiger partial charge in [0.25, 0.3) is 0 Å². The molecule has 22 heavy (non-hydrogen) atoms. The number of benzene rings is 1. The van der Waals surface area contributed by atoms with Crippen molar-refractivity contribution in [3.8, 4) is 5.75 Å². The van der Waals surface area contributed by atoms with Crippen LogP contribution in [0.3, 0.4) is 0 Å². The third-order valence-corrected chi connectivity index (χ3v) is 5.70. The van der Waals surface area contributed by atoms with Crippen LogP contribution in [0.25, 0.3) is 0 Å². The van der Waals surface area contributed by atoms with E-state index in [0.717, 1.165) is 6.42 Å². The third kappa shape index (κ3) is 3.78. The average molecular weight is 326 g/mol. The highest BCUT2D eigenvalue weighted by atomic mass is 32.2. The highest BCUT2D eigenvalue weighted by Crippen LogP contribution is 2.25. The Balaban J connectivity index is 2.06. The van der Waals surface area contributed by atoms with Crippen molar-refractivity contribution in [3.63, 3.8) is 0 Å². The van der Waals surface area contributed by atoms with E-state index in [9.17, 15) is 13.2 Å². The Labute approximate surface area is 131 Å². The summed E-state index contributed by atoms with van der Waals surface area (Å²) in [6.45, 7) is 3.26. The maximum Gasteiger partial charge on any atom is 0.243 e. The molecule has 1 aromatic rings. The smallest absolute Gasteiger partial charge is 0.243 e. The zero-order valence-electron chi connectivity index (χ0n) is 12.7. The molecule has 0 radical (unpaired) electrons. The number of sulfonamides is 1. The molecule has 0 unspecified atom stereocenters. The van der Waals surface area contributed by atoms with Gasteiger partial charge in [0.1, 0.15) is 5.75 Å². The number of piperidine rings is 1. The van der Waals surface area contributed by atoms with Crippen molar-refractivity contribution in [3.05, 3.63) is 24.3 Å². The van der Waals surface area contributed by atoms with E-state index >= 15 is 0 Å². The SMILES string of the molecule is CCCOc1ccc(S(=O)(=O)N2CCC(C(N)=O)CC2)cc1. The predicted octanol–water partition coefficient (Wildman–Crippen LogP) is 1.36. The number of hydrogen-bond acceptors (Lipinski definition) is 4. The number of amides is 1. The first kappa shape index (κ1) is 16.8. The zero-order valence-corrected chi connectivity index (χ0v) is 13.5. The van der Waals surface area contributed by atoms with Crippen molar-refractivity contribution in [1.82, 2.24) is 4.31 Å². The van der Waals surface area contributed by atoms with Crippen molar-refractivity contribution < 1.29 is 17.9 Å². The van der Waals surface area contributed by atoms with E-state index in [2.05, 4.69) is 0 Å². The molecule has 0 atom stereocenters. The van der Waals surface area contributed by atoms with E-state index in [4.69, 9.17) is 10.5 Å². The number of nitrogens with two attached hydrogens (primary N) is 1. The van der Waals surface area contributed by atoms with Crippen molar-refractivity contribution in [2.24, 2.45) is 11.7 Å². The van der Waals surface area contributed by atoms with E-state index in [0.29, 0.717) is 38.3 Å². The van der Waals surface area contributed by atoms with Gasteiger partial charge in [-0.05, 0) is 43.5 Å². The van der Waals surface area contributed by atoms with Crippen molar-refractivity contribution in [1.29, 1.82) is 0 Å². The summed E-state index contributed by atoms with van der Waals surface area (Å²) in [5, 5.41) is 0. The number of carbonyl (C=O) groups is 1. The maximum atomic E-state index is 12.6. The van der Waals surface area contributed by atoms with Crippen molar-refractivity contribution in [2.75, 3.05) is 19.7 Å². The van der Waals surface area contributed by atoms with Gasteiger partial charge >= 0.3 is 0 Å². The van der Waals surface area contributed by atoms with Gasteiger partial charge < -0.3 is 10.5 Å². The standard InChI is InChI=1S/C15H22N2O4S/c1-2-11-21-13-3-5-14(6-4-13)22(19,20)17-9-7-12(8-10-17)15(16)18/h3-6,12H,2,7-11H2,1H3,(H2,16,18). The quantitative estimate of drug-likeness (QED) is 0.855. The Hall–Kier alpha value is -1.60. The molecule has 1 saturated heterocycles. The van der Waals surface area contributed by atoms with Gasteiger partial charge in [0.05, 0.1) is 11.5 Å². The van der Waals surface area contributed by atoms with Crippen LogP contribution in [0.2, 0.25) is 0 Å². The molecule has 0 saturated carbocycles. The van der Waals surface area contributed by atoms with Crippen LogP contribution >= 0.6 is 0 Å². The average Bonchev–Trinajstić information content (AvgIpc) is 2.53. The number of hydrogen-bond donors (Lipinski definition) is 1. The summed E-state index contributed by atoms with van der Waals surface area (Å²) in [6.07, 6.45) is 1.85. The van der Waals surface area contributed by atoms with Crippen LogP contribution in [-0.4, -0.2) is 38.3 Å². The molecule has 1 aromatic carbocycles. The minimum absolute atomic E-state index is 0.226. The summed E-state index contributed by atoms with van der Waals surface area (Å²) < 4.78 is 32.0. The Morgan fingerprint density at radius 2 is 1.86 bits per heavy atom. The fraction of sp³-hybridized carbons (Fsp3) is 0.533. The lowest BCUT2D eigenvalue weighted by Gasteiger charge is -2.29. The summed E-state index contributed by atoms with van der Waals surface area (Å²) in [7, 11) is -3.52. The highest BCUT2D eigenvalue weighted by molar-refractivity contribution is 7.89. The number of carbonyl (C=O) groups excluding carboxylic acids is 1. The summed E-state index contributed by atoms with van der Waals surface area (Å²) in [5.41, 5.74) is 5.27. The molecule has 2 N–H and O–H groups in total. The lowest BCUT2D eigenvalue weighted by atomic mass is 9.98. The van der Waals surface area contributed by atoms with Crippen LogP contribution in [0.4, 0.5) is 0 Å². The Bertz CT molecular complexity index is 605. The largest absolute Gasteiger partial charge is 0.494 e. The van der Waals surface area contributed by atoms with Gasteiger partial charge in [-0.2, -0.15) is 4.31 Å². The van der Waals surface area contributed by atoms with Crippen LogP contribution in [0.5, 0.6) is 5.75 Å². The number of nitrogens with zero attached hydrogens (tertiary/aromatic N) is 1. The summed E-state index contributed by atoms with van der Waals surface area (Å²) >= 11 is 0. The van der Waals surface area contributed by atoms with Crippen LogP contribution in [0.15, 0.2) is 29.2 Å². The molecule has 1 aliphatic rings. The molecular formula is C15H22N2O4S. The normalized spacial score (nSPS) is 17.3. The Morgan fingerprint density at radius 3 is 2.36 bits per heavy atom. The second-order valence-electron chi connectivity index (χ2n) is 5.40. The van der Waals surface area contributed by atoms with Crippen molar-refractivity contribution >= 4 is 15.9 Å². The molecule has 1 fully saturated rings. The lowest BCUT2D eigenvalue weighted by Crippen LogP contribution is -2.41. The van der Waals surface area contributed by atoms with Crippen LogP contribution in [0, 0.1) is 5.92 Å². The topological polar surface area (TPSA) is 89.7 Å². The van der Waals surface area contributed by atoms with Crippen LogP contribution in [-0.2, 0) is 14.8 Å². The fourth-order valence-corrected chi connectivity index (χ4v) is 3.93. The predicted molar refractivity (Wildman–Crippen MR) is 82.9 cm³/mol. The molecule has 0 aliphatic carbocycles. The monoisotopic (exact) mass is 326 g/mol. The van der Waals surface area contributed by atoms with E-state index < -0.39 is 10.0 Å². The first-order chi connectivity index (χ1) is 10.4. The summed E-state index contributed by atoms with van der Waals surface area (Å²) in [5.74, 6) is 0.0824. The molecule has 2 rings (SSSR count). The van der Waals surface area contributed by atoms with Crippen molar-refractivity contribution in [2.45, 2.75) is 31.1 Å². The number of rotatable bonds is 6. The Kier molecular flexibility index (Phi) is 5.42. The van der Waals surface area contributed by atoms with E-state index in [1.807, 2.05) is 6.92 Å². The van der Waals surface area contributed by atoms with Crippen LogP contribution < -0.4 is 10.5 Å². The molecule has 1 aliphatic heterocycles. The second-order valence-corrected chi connectivity index (χ2v) is 7.34. The first-order valence-electron chi connectivity index (χ1n) is 7.47. The zero-order chi connectivity index (χ0) is 16.2. The van der Waals surface area contributed by atoms with Gasteiger partial charge in [-0.25, -0.2) is 8.42 Å². The van der Waals surface area contributed by atoms with E-state index in [1.54, 1.807) is 24.3 Å². The molecule has 1 amide bonds. The first-order valence-corrected chi connectivity index (χ1v) is 8.91. The maximum absolute atomic E-state index is 12.6. The van der Waals surface area contributed by atoms with Gasteiger partial charge in [-0.1, -0.05) is 6.92 Å². The number of ether oxygens (including phenoxy) is 1. The molecule has 0 aromatic heterocycles. The molecule has 7 heteroatoms. The molecule has 0 bridgehead atoms. The van der Waals surface area contributed by atoms with Gasteiger partial charge in [0.2, 0.25) is 15.9 Å². The molecule has 6 nitrogen and oxygen atoms in total. The van der Waals surface area contributed by atoms with Gasteiger partial charge in [0.15, 0.2) is 0 Å². The molecular weight excluding hydrogens is 304 g/mol. The molecule has 1 heterocycles. The Morgan fingerprint density at radius 1 is 1.27 bits per heavy atom. The van der Waals surface area contributed by atoms with Gasteiger partial charge in [-0.3, -0.25) is 4.79 Å². The molecule has 122 valence electrons. The summed E-state index contributed by atoms with van der Waals surface area (Å²) in [6, 6.07) is 6.44.